The molecule has 0 radical (unpaired) electrons. The van der Waals surface area contributed by atoms with Gasteiger partial charge in [-0.05, 0) is 63.4 Å². The summed E-state index contributed by atoms with van der Waals surface area (Å²) in [4.78, 5) is 28.6. The fourth-order valence-corrected chi connectivity index (χ4v) is 5.64. The summed E-state index contributed by atoms with van der Waals surface area (Å²) in [7, 11) is 0. The van der Waals surface area contributed by atoms with Crippen molar-refractivity contribution < 1.29 is 12.4 Å². The Bertz CT molecular complexity index is 983. The molecule has 1 fully saturated rings. The normalized spacial score (nSPS) is 18.8. The maximum Gasteiger partial charge on any atom is 0.243 e. The summed E-state index contributed by atoms with van der Waals surface area (Å²) in [5.74, 6) is 0.156. The highest BCUT2D eigenvalue weighted by Gasteiger charge is 2.31. The van der Waals surface area contributed by atoms with Crippen LogP contribution in [0.15, 0.2) is 53.8 Å². The van der Waals surface area contributed by atoms with Gasteiger partial charge < -0.3 is 21.3 Å². The average molecular weight is 557 g/mol. The van der Waals surface area contributed by atoms with Gasteiger partial charge in [0.2, 0.25) is 11.8 Å². The number of carbonyl (C=O) groups excluding carboxylic acids is 2. The fraction of sp³-hybridized carbons (Fsp3) is 0.647. The number of nitrogens with zero attached hydrogens (tertiary/aromatic N) is 1. The van der Waals surface area contributed by atoms with Crippen molar-refractivity contribution in [3.8, 4) is 0 Å². The lowest BCUT2D eigenvalue weighted by atomic mass is 9.81. The highest BCUT2D eigenvalue weighted by atomic mass is 16.2. The number of nitrogens with one attached hydrogen (secondary N) is 2. The zero-order chi connectivity index (χ0) is 29.7. The minimum atomic E-state index is -0.674. The minimum Gasteiger partial charge on any atom is -0.368 e. The summed E-state index contributed by atoms with van der Waals surface area (Å²) in [6, 6.07) is 9.71. The molecule has 1 saturated heterocycles. The molecule has 0 bridgehead atoms. The monoisotopic (exact) mass is 556 g/mol. The third-order valence-corrected chi connectivity index (χ3v) is 8.16. The number of nitrogens with two attached hydrogens (primary N) is 1. The smallest absolute Gasteiger partial charge is 0.243 e. The van der Waals surface area contributed by atoms with Gasteiger partial charge in [0.25, 0.3) is 0 Å². The highest BCUT2D eigenvalue weighted by molar-refractivity contribution is 5.88. The predicted molar refractivity (Wildman–Crippen MR) is 172 cm³/mol. The summed E-state index contributed by atoms with van der Waals surface area (Å²) >= 11 is 0. The summed E-state index contributed by atoms with van der Waals surface area (Å²) in [6.45, 7) is 17.7. The zero-order valence-electron chi connectivity index (χ0n) is 26.1. The molecule has 1 aliphatic carbocycles. The molecule has 1 aromatic carbocycles. The number of hydrogen-bond donors (Lipinski definition) is 3. The van der Waals surface area contributed by atoms with Crippen LogP contribution in [0.4, 0.5) is 0 Å². The molecular formula is C34H60N4O2. The van der Waals surface area contributed by atoms with E-state index in [1.54, 1.807) is 5.57 Å². The molecule has 2 aliphatic rings. The average Bonchev–Trinajstić information content (AvgIpc) is 3.44. The Morgan fingerprint density at radius 2 is 1.77 bits per heavy atom. The van der Waals surface area contributed by atoms with Crippen molar-refractivity contribution in [2.75, 3.05) is 6.54 Å². The Morgan fingerprint density at radius 1 is 1.10 bits per heavy atom. The first-order chi connectivity index (χ1) is 19.2. The molecule has 0 saturated carbocycles. The van der Waals surface area contributed by atoms with Crippen molar-refractivity contribution >= 4 is 11.8 Å². The number of rotatable bonds is 15. The lowest BCUT2D eigenvalue weighted by Gasteiger charge is -2.32. The molecule has 6 heteroatoms. The third-order valence-electron chi connectivity index (χ3n) is 8.16. The molecule has 1 heterocycles. The van der Waals surface area contributed by atoms with Gasteiger partial charge in [-0.3, -0.25) is 9.59 Å². The standard InChI is InChI=1S/C32H50N4O2.C2H6.2H2/c1-6-11-25-16-17-27(25)21-28(33)24(5)34-32(38)29(35-31(37)18-15-22(2)3)20-23(4)36-19-10-14-30(36)26-12-8-7-9-13-26;1-2;;/h7-9,12-13,22,24,28-30H,4,6,10-11,14-21,33H2,1-3,5H3,(H,34,38)(H,35,37);1-2H3;2*1H/t24-,28?,29+,30-;;;/m1.../s1. The van der Waals surface area contributed by atoms with E-state index in [0.29, 0.717) is 18.8 Å². The summed E-state index contributed by atoms with van der Waals surface area (Å²) < 4.78 is 0. The van der Waals surface area contributed by atoms with Crippen LogP contribution in [0, 0.1) is 5.92 Å². The van der Waals surface area contributed by atoms with Crippen LogP contribution < -0.4 is 16.4 Å². The van der Waals surface area contributed by atoms with Crippen molar-refractivity contribution in [1.29, 1.82) is 0 Å². The van der Waals surface area contributed by atoms with Gasteiger partial charge in [0, 0.05) is 40.0 Å². The van der Waals surface area contributed by atoms with E-state index in [1.807, 2.05) is 26.8 Å². The van der Waals surface area contributed by atoms with Crippen LogP contribution in [0.3, 0.4) is 0 Å². The van der Waals surface area contributed by atoms with Crippen LogP contribution in [0.2, 0.25) is 0 Å². The SMILES string of the molecule is C=C(C[C@H](NC(=O)CCC(C)C)C(=O)N[C@H](C)C(N)CC1=C(CCC)CC1)N1CCC[C@@H]1c1ccccc1.CC.[HH].[HH]. The molecule has 0 aromatic heterocycles. The lowest BCUT2D eigenvalue weighted by Crippen LogP contribution is -2.53. The molecule has 0 spiro atoms. The van der Waals surface area contributed by atoms with E-state index in [1.165, 1.54) is 17.6 Å². The van der Waals surface area contributed by atoms with Gasteiger partial charge in [-0.1, -0.05) is 89.1 Å². The number of allylic oxidation sites excluding steroid dienone is 1. The minimum absolute atomic E-state index is 0. The first-order valence-corrected chi connectivity index (χ1v) is 15.7. The molecule has 6 nitrogen and oxygen atoms in total. The van der Waals surface area contributed by atoms with Crippen LogP contribution in [0.25, 0.3) is 0 Å². The second kappa shape index (κ2) is 17.3. The summed E-state index contributed by atoms with van der Waals surface area (Å²) in [5.41, 5.74) is 11.7. The summed E-state index contributed by atoms with van der Waals surface area (Å²) in [5, 5.41) is 6.15. The Kier molecular flexibility index (Phi) is 14.5. The number of carbonyl (C=O) groups is 2. The van der Waals surface area contributed by atoms with Crippen molar-refractivity contribution in [2.45, 2.75) is 130 Å². The van der Waals surface area contributed by atoms with Crippen molar-refractivity contribution in [2.24, 2.45) is 11.7 Å². The quantitative estimate of drug-likeness (QED) is 0.198. The maximum absolute atomic E-state index is 13.5. The van der Waals surface area contributed by atoms with Gasteiger partial charge in [0.05, 0.1) is 6.04 Å². The van der Waals surface area contributed by atoms with Gasteiger partial charge in [0.1, 0.15) is 6.04 Å². The number of benzene rings is 1. The summed E-state index contributed by atoms with van der Waals surface area (Å²) in [6.07, 6.45) is 9.16. The van der Waals surface area contributed by atoms with E-state index in [2.05, 4.69) is 67.1 Å². The van der Waals surface area contributed by atoms with Crippen LogP contribution in [0.5, 0.6) is 0 Å². The van der Waals surface area contributed by atoms with Gasteiger partial charge in [0.15, 0.2) is 0 Å². The topological polar surface area (TPSA) is 87.5 Å². The molecule has 3 rings (SSSR count). The number of hydrogen-bond acceptors (Lipinski definition) is 4. The van der Waals surface area contributed by atoms with E-state index in [9.17, 15) is 9.59 Å². The van der Waals surface area contributed by atoms with Crippen LogP contribution in [-0.4, -0.2) is 41.4 Å². The van der Waals surface area contributed by atoms with E-state index in [-0.39, 0.29) is 32.8 Å². The Labute approximate surface area is 247 Å². The van der Waals surface area contributed by atoms with Gasteiger partial charge in [-0.2, -0.15) is 0 Å². The Morgan fingerprint density at radius 3 is 2.38 bits per heavy atom. The Hall–Kier alpha value is -2.60. The molecule has 228 valence electrons. The van der Waals surface area contributed by atoms with Crippen LogP contribution in [-0.2, 0) is 9.59 Å². The first kappa shape index (κ1) is 33.6. The number of amides is 2. The van der Waals surface area contributed by atoms with E-state index in [4.69, 9.17) is 5.73 Å². The highest BCUT2D eigenvalue weighted by Crippen LogP contribution is 2.36. The maximum atomic E-state index is 13.5. The van der Waals surface area contributed by atoms with E-state index >= 15 is 0 Å². The van der Waals surface area contributed by atoms with Crippen molar-refractivity contribution in [3.05, 3.63) is 59.3 Å². The molecule has 4 atom stereocenters. The van der Waals surface area contributed by atoms with Crippen molar-refractivity contribution in [1.82, 2.24) is 15.5 Å². The van der Waals surface area contributed by atoms with Gasteiger partial charge in [-0.15, -0.1) is 0 Å². The number of likely N-dealkylation sites (tertiary alicyclic amines) is 1. The van der Waals surface area contributed by atoms with Crippen LogP contribution >= 0.6 is 0 Å². The predicted octanol–water partition coefficient (Wildman–Crippen LogP) is 7.28. The lowest BCUT2D eigenvalue weighted by molar-refractivity contribution is -0.129. The zero-order valence-corrected chi connectivity index (χ0v) is 26.1. The van der Waals surface area contributed by atoms with Gasteiger partial charge >= 0.3 is 0 Å². The largest absolute Gasteiger partial charge is 0.368 e. The van der Waals surface area contributed by atoms with Crippen LogP contribution in [0.1, 0.15) is 120 Å². The fourth-order valence-electron chi connectivity index (χ4n) is 5.64. The molecule has 1 unspecified atom stereocenters. The second-order valence-electron chi connectivity index (χ2n) is 11.7. The molecule has 1 aliphatic heterocycles. The first-order valence-electron chi connectivity index (χ1n) is 15.7. The van der Waals surface area contributed by atoms with E-state index < -0.39 is 6.04 Å². The molecule has 4 N–H and O–H groups in total. The molecule has 2 amide bonds. The Balaban J connectivity index is 0.00000411. The van der Waals surface area contributed by atoms with Crippen molar-refractivity contribution in [3.63, 3.8) is 0 Å². The third kappa shape index (κ3) is 10.1. The molecule has 1 aromatic rings. The van der Waals surface area contributed by atoms with Gasteiger partial charge in [-0.25, -0.2) is 0 Å². The molecule has 40 heavy (non-hydrogen) atoms. The second-order valence-corrected chi connectivity index (χ2v) is 11.7. The van der Waals surface area contributed by atoms with E-state index in [0.717, 1.165) is 57.2 Å². The molecular weight excluding hydrogens is 496 g/mol.